The van der Waals surface area contributed by atoms with Crippen LogP contribution in [-0.4, -0.2) is 54.9 Å². The first-order valence-corrected chi connectivity index (χ1v) is 8.17. The third-order valence-electron chi connectivity index (χ3n) is 4.32. The lowest BCUT2D eigenvalue weighted by Crippen LogP contribution is -2.50. The minimum absolute atomic E-state index is 0.150. The molecule has 0 N–H and O–H groups in total. The average Bonchev–Trinajstić information content (AvgIpc) is 2.67. The van der Waals surface area contributed by atoms with Gasteiger partial charge in [0.1, 0.15) is 17.4 Å². The molecule has 0 aliphatic carbocycles. The van der Waals surface area contributed by atoms with E-state index in [1.807, 2.05) is 0 Å². The Hall–Kier alpha value is -2.96. The van der Waals surface area contributed by atoms with E-state index in [4.69, 9.17) is 4.74 Å². The second-order valence-electron chi connectivity index (χ2n) is 5.94. The summed E-state index contributed by atoms with van der Waals surface area (Å²) in [4.78, 5) is 28.2. The van der Waals surface area contributed by atoms with Crippen LogP contribution in [0.25, 0.3) is 0 Å². The molecule has 0 aromatic heterocycles. The number of ether oxygens (including phenoxy) is 1. The van der Waals surface area contributed by atoms with Crippen LogP contribution in [0.2, 0.25) is 0 Å². The predicted molar refractivity (Wildman–Crippen MR) is 91.2 cm³/mol. The molecule has 1 heterocycles. The number of benzene rings is 2. The number of rotatable bonds is 3. The Labute approximate surface area is 149 Å². The summed E-state index contributed by atoms with van der Waals surface area (Å²) in [6.07, 6.45) is 0. The van der Waals surface area contributed by atoms with Gasteiger partial charge in [0.25, 0.3) is 11.8 Å². The maximum absolute atomic E-state index is 13.5. The maximum atomic E-state index is 13.5. The number of carbonyl (C=O) groups excluding carboxylic acids is 2. The van der Waals surface area contributed by atoms with Gasteiger partial charge in [-0.3, -0.25) is 9.59 Å². The van der Waals surface area contributed by atoms with Gasteiger partial charge in [0, 0.05) is 31.7 Å². The fourth-order valence-corrected chi connectivity index (χ4v) is 2.93. The molecule has 1 saturated heterocycles. The van der Waals surface area contributed by atoms with Gasteiger partial charge < -0.3 is 14.5 Å². The fraction of sp³-hybridized carbons (Fsp3) is 0.263. The van der Waals surface area contributed by atoms with E-state index >= 15 is 0 Å². The van der Waals surface area contributed by atoms with E-state index in [1.54, 1.807) is 15.9 Å². The van der Waals surface area contributed by atoms with E-state index in [0.29, 0.717) is 31.9 Å². The smallest absolute Gasteiger partial charge is 0.257 e. The molecule has 2 aromatic carbocycles. The van der Waals surface area contributed by atoms with Crippen LogP contribution in [0, 0.1) is 11.6 Å². The topological polar surface area (TPSA) is 49.9 Å². The number of hydrogen-bond donors (Lipinski definition) is 0. The Morgan fingerprint density at radius 1 is 0.885 bits per heavy atom. The molecule has 2 amide bonds. The first kappa shape index (κ1) is 17.8. The van der Waals surface area contributed by atoms with Gasteiger partial charge in [-0.2, -0.15) is 0 Å². The summed E-state index contributed by atoms with van der Waals surface area (Å²) in [5.74, 6) is -1.31. The van der Waals surface area contributed by atoms with Gasteiger partial charge in [0.05, 0.1) is 12.7 Å². The second-order valence-corrected chi connectivity index (χ2v) is 5.94. The summed E-state index contributed by atoms with van der Waals surface area (Å²) in [6.45, 7) is 1.25. The fourth-order valence-electron chi connectivity index (χ4n) is 2.93. The van der Waals surface area contributed by atoms with Crippen molar-refractivity contribution in [3.63, 3.8) is 0 Å². The minimum Gasteiger partial charge on any atom is -0.496 e. The lowest BCUT2D eigenvalue weighted by Gasteiger charge is -2.35. The summed E-state index contributed by atoms with van der Waals surface area (Å²) in [5.41, 5.74) is 0.425. The maximum Gasteiger partial charge on any atom is 0.257 e. The number of methoxy groups -OCH3 is 1. The molecule has 7 heteroatoms. The van der Waals surface area contributed by atoms with E-state index < -0.39 is 11.6 Å². The van der Waals surface area contributed by atoms with Crippen molar-refractivity contribution in [3.8, 4) is 5.75 Å². The second kappa shape index (κ2) is 7.51. The zero-order valence-corrected chi connectivity index (χ0v) is 14.2. The SMILES string of the molecule is COc1ccc(F)cc1C(=O)N1CCN(C(=O)c2cccc(F)c2)CC1. The Morgan fingerprint density at radius 2 is 1.50 bits per heavy atom. The monoisotopic (exact) mass is 360 g/mol. The Morgan fingerprint density at radius 3 is 2.12 bits per heavy atom. The highest BCUT2D eigenvalue weighted by atomic mass is 19.1. The number of piperazine rings is 1. The first-order valence-electron chi connectivity index (χ1n) is 8.17. The van der Waals surface area contributed by atoms with Crippen LogP contribution in [0.1, 0.15) is 20.7 Å². The van der Waals surface area contributed by atoms with E-state index in [9.17, 15) is 18.4 Å². The normalized spacial score (nSPS) is 14.3. The third-order valence-corrected chi connectivity index (χ3v) is 4.32. The van der Waals surface area contributed by atoms with E-state index in [-0.39, 0.29) is 22.9 Å². The molecule has 0 spiro atoms. The van der Waals surface area contributed by atoms with E-state index in [2.05, 4.69) is 0 Å². The Bertz CT molecular complexity index is 833. The lowest BCUT2D eigenvalue weighted by molar-refractivity contribution is 0.0533. The summed E-state index contributed by atoms with van der Waals surface area (Å²) < 4.78 is 31.9. The molecule has 136 valence electrons. The molecule has 1 fully saturated rings. The van der Waals surface area contributed by atoms with Gasteiger partial charge in [0.15, 0.2) is 0 Å². The molecule has 0 radical (unpaired) electrons. The number of hydrogen-bond acceptors (Lipinski definition) is 3. The van der Waals surface area contributed by atoms with Crippen LogP contribution in [0.3, 0.4) is 0 Å². The highest BCUT2D eigenvalue weighted by molar-refractivity contribution is 5.97. The lowest BCUT2D eigenvalue weighted by atomic mass is 10.1. The molecule has 26 heavy (non-hydrogen) atoms. The molecule has 5 nitrogen and oxygen atoms in total. The molecule has 0 unspecified atom stereocenters. The van der Waals surface area contributed by atoms with Crippen molar-refractivity contribution in [2.75, 3.05) is 33.3 Å². The highest BCUT2D eigenvalue weighted by Gasteiger charge is 2.27. The van der Waals surface area contributed by atoms with Crippen LogP contribution < -0.4 is 4.74 Å². The van der Waals surface area contributed by atoms with Gasteiger partial charge in [-0.15, -0.1) is 0 Å². The molecule has 1 aliphatic rings. The number of nitrogens with zero attached hydrogens (tertiary/aromatic N) is 2. The van der Waals surface area contributed by atoms with Crippen molar-refractivity contribution in [1.82, 2.24) is 9.80 Å². The molecule has 0 atom stereocenters. The van der Waals surface area contributed by atoms with Crippen LogP contribution in [0.15, 0.2) is 42.5 Å². The largest absolute Gasteiger partial charge is 0.496 e. The Balaban J connectivity index is 1.68. The van der Waals surface area contributed by atoms with Crippen LogP contribution in [0.4, 0.5) is 8.78 Å². The average molecular weight is 360 g/mol. The Kier molecular flexibility index (Phi) is 5.16. The van der Waals surface area contributed by atoms with Crippen LogP contribution in [-0.2, 0) is 0 Å². The van der Waals surface area contributed by atoms with Crippen molar-refractivity contribution < 1.29 is 23.1 Å². The van der Waals surface area contributed by atoms with Gasteiger partial charge in [0.2, 0.25) is 0 Å². The summed E-state index contributed by atoms with van der Waals surface area (Å²) in [5, 5.41) is 0. The highest BCUT2D eigenvalue weighted by Crippen LogP contribution is 2.22. The summed E-state index contributed by atoms with van der Waals surface area (Å²) in [6, 6.07) is 9.29. The minimum atomic E-state index is -0.519. The third kappa shape index (κ3) is 3.66. The van der Waals surface area contributed by atoms with Crippen molar-refractivity contribution in [3.05, 3.63) is 65.2 Å². The molecule has 2 aromatic rings. The zero-order chi connectivity index (χ0) is 18.7. The number of amides is 2. The van der Waals surface area contributed by atoms with Crippen LogP contribution in [0.5, 0.6) is 5.75 Å². The summed E-state index contributed by atoms with van der Waals surface area (Å²) >= 11 is 0. The molecule has 0 bridgehead atoms. The molecule has 0 saturated carbocycles. The molecule has 1 aliphatic heterocycles. The molecular formula is C19H18F2N2O3. The van der Waals surface area contributed by atoms with Crippen molar-refractivity contribution in [2.24, 2.45) is 0 Å². The predicted octanol–water partition coefficient (Wildman–Crippen LogP) is 2.57. The van der Waals surface area contributed by atoms with Gasteiger partial charge in [-0.1, -0.05) is 6.07 Å². The van der Waals surface area contributed by atoms with Gasteiger partial charge in [-0.05, 0) is 36.4 Å². The number of carbonyl (C=O) groups is 2. The number of halogens is 2. The van der Waals surface area contributed by atoms with Crippen molar-refractivity contribution in [2.45, 2.75) is 0 Å². The van der Waals surface area contributed by atoms with E-state index in [1.165, 1.54) is 37.4 Å². The van der Waals surface area contributed by atoms with Crippen molar-refractivity contribution >= 4 is 11.8 Å². The zero-order valence-electron chi connectivity index (χ0n) is 14.2. The first-order chi connectivity index (χ1) is 12.5. The molecule has 3 rings (SSSR count). The standard InChI is InChI=1S/C19H18F2N2O3/c1-26-17-6-5-15(21)12-16(17)19(25)23-9-7-22(8-10-23)18(24)13-3-2-4-14(20)11-13/h2-6,11-12H,7-10H2,1H3. The van der Waals surface area contributed by atoms with Crippen LogP contribution >= 0.6 is 0 Å². The van der Waals surface area contributed by atoms with Gasteiger partial charge >= 0.3 is 0 Å². The quantitative estimate of drug-likeness (QED) is 0.845. The van der Waals surface area contributed by atoms with Crippen molar-refractivity contribution in [1.29, 1.82) is 0 Å². The van der Waals surface area contributed by atoms with E-state index in [0.717, 1.165) is 6.07 Å². The van der Waals surface area contributed by atoms with Gasteiger partial charge in [-0.25, -0.2) is 8.78 Å². The summed E-state index contributed by atoms with van der Waals surface area (Å²) in [7, 11) is 1.42. The molecular weight excluding hydrogens is 342 g/mol.